The van der Waals surface area contributed by atoms with Crippen molar-refractivity contribution in [3.63, 3.8) is 0 Å². The zero-order valence-corrected chi connectivity index (χ0v) is 11.3. The third-order valence-electron chi connectivity index (χ3n) is 2.07. The van der Waals surface area contributed by atoms with Gasteiger partial charge in [-0.25, -0.2) is 14.0 Å². The van der Waals surface area contributed by atoms with Gasteiger partial charge < -0.3 is 14.2 Å². The Morgan fingerprint density at radius 1 is 1.29 bits per heavy atom. The Bertz CT molecular complexity index is 604. The lowest BCUT2D eigenvalue weighted by atomic mass is 10.3. The minimum Gasteiger partial charge on any atom is -0.462 e. The standard InChI is InChI=1S/C15H13FO5/c1-4-14(17)20-8-7-19-11-5-6-13(12(16)9-11)21-15(18)10(2)3/h4-9H,1-2H2,3H3/b8-7-. The Kier molecular flexibility index (Phi) is 5.88. The number of carbonyl (C=O) groups is 2. The fourth-order valence-electron chi connectivity index (χ4n) is 1.07. The zero-order valence-electron chi connectivity index (χ0n) is 11.3. The summed E-state index contributed by atoms with van der Waals surface area (Å²) >= 11 is 0. The molecule has 0 radical (unpaired) electrons. The molecule has 21 heavy (non-hydrogen) atoms. The first-order chi connectivity index (χ1) is 9.93. The van der Waals surface area contributed by atoms with E-state index in [4.69, 9.17) is 9.47 Å². The van der Waals surface area contributed by atoms with Gasteiger partial charge in [0, 0.05) is 17.7 Å². The first kappa shape index (κ1) is 16.2. The van der Waals surface area contributed by atoms with Crippen LogP contribution in [0.5, 0.6) is 11.5 Å². The normalized spacial score (nSPS) is 10.0. The van der Waals surface area contributed by atoms with E-state index in [2.05, 4.69) is 17.9 Å². The van der Waals surface area contributed by atoms with E-state index in [1.807, 2.05) is 0 Å². The molecule has 0 spiro atoms. The summed E-state index contributed by atoms with van der Waals surface area (Å²) in [4.78, 5) is 22.0. The van der Waals surface area contributed by atoms with E-state index in [0.29, 0.717) is 0 Å². The smallest absolute Gasteiger partial charge is 0.338 e. The first-order valence-electron chi connectivity index (χ1n) is 5.76. The van der Waals surface area contributed by atoms with Crippen LogP contribution in [-0.2, 0) is 14.3 Å². The van der Waals surface area contributed by atoms with Gasteiger partial charge in [-0.2, -0.15) is 0 Å². The molecule has 1 rings (SSSR count). The van der Waals surface area contributed by atoms with Crippen molar-refractivity contribution in [3.05, 3.63) is 61.3 Å². The number of hydrogen-bond donors (Lipinski definition) is 0. The molecule has 0 N–H and O–H groups in total. The minimum atomic E-state index is -0.779. The fourth-order valence-corrected chi connectivity index (χ4v) is 1.07. The van der Waals surface area contributed by atoms with Crippen LogP contribution in [0.1, 0.15) is 6.92 Å². The SMILES string of the molecule is C=CC(=O)O/C=C\Oc1ccc(OC(=O)C(=C)C)c(F)c1. The van der Waals surface area contributed by atoms with Crippen LogP contribution in [0.3, 0.4) is 0 Å². The molecular formula is C15H13FO5. The summed E-state index contributed by atoms with van der Waals surface area (Å²) in [5, 5.41) is 0. The Morgan fingerprint density at radius 3 is 2.57 bits per heavy atom. The van der Waals surface area contributed by atoms with Gasteiger partial charge in [-0.3, -0.25) is 0 Å². The van der Waals surface area contributed by atoms with Crippen molar-refractivity contribution in [1.29, 1.82) is 0 Å². The van der Waals surface area contributed by atoms with Gasteiger partial charge in [0.2, 0.25) is 0 Å². The van der Waals surface area contributed by atoms with Crippen molar-refractivity contribution in [2.75, 3.05) is 0 Å². The number of ether oxygens (including phenoxy) is 3. The van der Waals surface area contributed by atoms with Crippen LogP contribution in [0, 0.1) is 5.82 Å². The molecule has 1 aromatic rings. The molecule has 0 aliphatic rings. The number of benzene rings is 1. The third kappa shape index (κ3) is 5.32. The molecule has 0 atom stereocenters. The van der Waals surface area contributed by atoms with Crippen molar-refractivity contribution in [3.8, 4) is 11.5 Å². The number of halogens is 1. The third-order valence-corrected chi connectivity index (χ3v) is 2.07. The van der Waals surface area contributed by atoms with E-state index in [0.717, 1.165) is 24.7 Å². The van der Waals surface area contributed by atoms with E-state index in [1.165, 1.54) is 19.1 Å². The maximum atomic E-state index is 13.7. The summed E-state index contributed by atoms with van der Waals surface area (Å²) in [5.74, 6) is -2.26. The highest BCUT2D eigenvalue weighted by atomic mass is 19.1. The van der Waals surface area contributed by atoms with Crippen molar-refractivity contribution in [2.45, 2.75) is 6.92 Å². The summed E-state index contributed by atoms with van der Waals surface area (Å²) in [6, 6.07) is 3.62. The molecule has 0 saturated carbocycles. The Hall–Kier alpha value is -2.89. The summed E-state index contributed by atoms with van der Waals surface area (Å²) in [5.41, 5.74) is 0.154. The molecule has 0 bridgehead atoms. The second kappa shape index (κ2) is 7.64. The lowest BCUT2D eigenvalue weighted by molar-refractivity contribution is -0.132. The van der Waals surface area contributed by atoms with E-state index >= 15 is 0 Å². The molecule has 110 valence electrons. The van der Waals surface area contributed by atoms with Gasteiger partial charge in [0.25, 0.3) is 0 Å². The van der Waals surface area contributed by atoms with Gasteiger partial charge in [0.1, 0.15) is 18.3 Å². The minimum absolute atomic E-state index is 0.133. The molecule has 0 unspecified atom stereocenters. The number of esters is 2. The van der Waals surface area contributed by atoms with Gasteiger partial charge in [-0.05, 0) is 19.1 Å². The quantitative estimate of drug-likeness (QED) is 0.349. The van der Waals surface area contributed by atoms with Crippen molar-refractivity contribution < 1.29 is 28.2 Å². The topological polar surface area (TPSA) is 61.8 Å². The van der Waals surface area contributed by atoms with Crippen LogP contribution < -0.4 is 9.47 Å². The summed E-state index contributed by atoms with van der Waals surface area (Å²) in [6.07, 6.45) is 3.02. The van der Waals surface area contributed by atoms with Gasteiger partial charge in [0.05, 0.1) is 0 Å². The Labute approximate surface area is 120 Å². The molecule has 0 aromatic heterocycles. The van der Waals surface area contributed by atoms with Gasteiger partial charge >= 0.3 is 11.9 Å². The molecule has 6 heteroatoms. The van der Waals surface area contributed by atoms with Gasteiger partial charge in [-0.15, -0.1) is 0 Å². The average Bonchev–Trinajstić information content (AvgIpc) is 2.45. The van der Waals surface area contributed by atoms with E-state index < -0.39 is 17.8 Å². The van der Waals surface area contributed by atoms with Crippen molar-refractivity contribution in [2.24, 2.45) is 0 Å². The molecule has 5 nitrogen and oxygen atoms in total. The van der Waals surface area contributed by atoms with Crippen LogP contribution in [0.25, 0.3) is 0 Å². The van der Waals surface area contributed by atoms with Gasteiger partial charge in [0.15, 0.2) is 11.6 Å². The molecule has 0 heterocycles. The highest BCUT2D eigenvalue weighted by Gasteiger charge is 2.10. The molecule has 0 aliphatic carbocycles. The van der Waals surface area contributed by atoms with Crippen molar-refractivity contribution >= 4 is 11.9 Å². The first-order valence-corrected chi connectivity index (χ1v) is 5.76. The maximum absolute atomic E-state index is 13.7. The number of carbonyl (C=O) groups excluding carboxylic acids is 2. The van der Waals surface area contributed by atoms with E-state index in [-0.39, 0.29) is 17.1 Å². The predicted molar refractivity (Wildman–Crippen MR) is 72.9 cm³/mol. The van der Waals surface area contributed by atoms with Crippen LogP contribution in [-0.4, -0.2) is 11.9 Å². The fraction of sp³-hybridized carbons (Fsp3) is 0.0667. The molecule has 1 aromatic carbocycles. The zero-order chi connectivity index (χ0) is 15.8. The van der Waals surface area contributed by atoms with Gasteiger partial charge in [-0.1, -0.05) is 13.2 Å². The van der Waals surface area contributed by atoms with E-state index in [9.17, 15) is 14.0 Å². The van der Waals surface area contributed by atoms with Crippen LogP contribution >= 0.6 is 0 Å². The monoisotopic (exact) mass is 292 g/mol. The Morgan fingerprint density at radius 2 is 2.00 bits per heavy atom. The molecule has 0 amide bonds. The number of rotatable bonds is 6. The second-order valence-corrected chi connectivity index (χ2v) is 3.79. The lowest BCUT2D eigenvalue weighted by Crippen LogP contribution is -2.09. The summed E-state index contributed by atoms with van der Waals surface area (Å²) < 4.78 is 27.9. The molecule has 0 fully saturated rings. The number of hydrogen-bond acceptors (Lipinski definition) is 5. The summed E-state index contributed by atoms with van der Waals surface area (Å²) in [7, 11) is 0. The lowest BCUT2D eigenvalue weighted by Gasteiger charge is -2.06. The van der Waals surface area contributed by atoms with E-state index in [1.54, 1.807) is 0 Å². The molecular weight excluding hydrogens is 279 g/mol. The van der Waals surface area contributed by atoms with Crippen molar-refractivity contribution in [1.82, 2.24) is 0 Å². The highest BCUT2D eigenvalue weighted by molar-refractivity contribution is 5.88. The maximum Gasteiger partial charge on any atom is 0.338 e. The van der Waals surface area contributed by atoms with Crippen LogP contribution in [0.2, 0.25) is 0 Å². The van der Waals surface area contributed by atoms with Crippen LogP contribution in [0.15, 0.2) is 55.5 Å². The highest BCUT2D eigenvalue weighted by Crippen LogP contribution is 2.23. The van der Waals surface area contributed by atoms with Crippen LogP contribution in [0.4, 0.5) is 4.39 Å². The second-order valence-electron chi connectivity index (χ2n) is 3.79. The molecule has 0 aliphatic heterocycles. The predicted octanol–water partition coefficient (Wildman–Crippen LogP) is 2.89. The Balaban J connectivity index is 2.65. The summed E-state index contributed by atoms with van der Waals surface area (Å²) in [6.45, 7) is 8.05. The average molecular weight is 292 g/mol. The molecule has 0 saturated heterocycles. The largest absolute Gasteiger partial charge is 0.462 e.